The predicted octanol–water partition coefficient (Wildman–Crippen LogP) is 5.86. The Balaban J connectivity index is 1.76. The summed E-state index contributed by atoms with van der Waals surface area (Å²) in [5.41, 5.74) is 2.02. The van der Waals surface area contributed by atoms with Crippen LogP contribution in [0.1, 0.15) is 51.8 Å². The fraction of sp³-hybridized carbons (Fsp3) is 0.429. The van der Waals surface area contributed by atoms with E-state index in [9.17, 15) is 9.18 Å². The van der Waals surface area contributed by atoms with Crippen LogP contribution in [0.5, 0.6) is 11.6 Å². The van der Waals surface area contributed by atoms with Gasteiger partial charge in [0, 0.05) is 24.8 Å². The highest BCUT2D eigenvalue weighted by molar-refractivity contribution is 5.75. The van der Waals surface area contributed by atoms with Gasteiger partial charge in [-0.15, -0.1) is 0 Å². The lowest BCUT2D eigenvalue weighted by atomic mass is 10.1. The third-order valence-corrected chi connectivity index (χ3v) is 5.93. The summed E-state index contributed by atoms with van der Waals surface area (Å²) in [5.74, 6) is 0.436. The standard InChI is InChI=1S/C28H35FN4O3/c1-5-25-24(19-32(18-23-15-10-16-35-23)27(34)30-28(2,3)4)26(36-22-14-9-11-20(29)17-22)33(31-25)21-12-7-6-8-13-21/h6-9,11-14,17,23H,5,10,15-16,18-19H2,1-4H3,(H,30,34)/t23-/m0/s1. The van der Waals surface area contributed by atoms with Gasteiger partial charge >= 0.3 is 6.03 Å². The van der Waals surface area contributed by atoms with Crippen LogP contribution < -0.4 is 10.1 Å². The first-order valence-corrected chi connectivity index (χ1v) is 12.5. The molecule has 2 aromatic carbocycles. The van der Waals surface area contributed by atoms with Crippen LogP contribution >= 0.6 is 0 Å². The van der Waals surface area contributed by atoms with E-state index in [1.807, 2.05) is 58.0 Å². The molecular weight excluding hydrogens is 459 g/mol. The minimum Gasteiger partial charge on any atom is -0.438 e. The largest absolute Gasteiger partial charge is 0.438 e. The van der Waals surface area contributed by atoms with Gasteiger partial charge in [0.25, 0.3) is 0 Å². The maximum Gasteiger partial charge on any atom is 0.318 e. The average Bonchev–Trinajstić information content (AvgIpc) is 3.46. The molecular formula is C28H35FN4O3. The lowest BCUT2D eigenvalue weighted by Gasteiger charge is -2.30. The zero-order valence-corrected chi connectivity index (χ0v) is 21.5. The third-order valence-electron chi connectivity index (χ3n) is 5.93. The number of hydrogen-bond donors (Lipinski definition) is 1. The molecule has 0 unspecified atom stereocenters. The number of nitrogens with zero attached hydrogens (tertiary/aromatic N) is 3. The first kappa shape index (κ1) is 25.7. The minimum atomic E-state index is -0.394. The molecule has 0 spiro atoms. The van der Waals surface area contributed by atoms with Crippen LogP contribution in [-0.2, 0) is 17.7 Å². The summed E-state index contributed by atoms with van der Waals surface area (Å²) in [5, 5.41) is 7.92. The number of ether oxygens (including phenoxy) is 2. The van der Waals surface area contributed by atoms with Crippen LogP contribution in [0.15, 0.2) is 54.6 Å². The lowest BCUT2D eigenvalue weighted by molar-refractivity contribution is 0.0779. The molecule has 1 fully saturated rings. The van der Waals surface area contributed by atoms with Gasteiger partial charge < -0.3 is 19.7 Å². The van der Waals surface area contributed by atoms with Crippen molar-refractivity contribution in [1.29, 1.82) is 0 Å². The number of aromatic nitrogens is 2. The fourth-order valence-electron chi connectivity index (χ4n) is 4.26. The van der Waals surface area contributed by atoms with Crippen LogP contribution in [0.4, 0.5) is 9.18 Å². The van der Waals surface area contributed by atoms with Gasteiger partial charge in [-0.2, -0.15) is 5.10 Å². The minimum absolute atomic E-state index is 0.0162. The molecule has 192 valence electrons. The fourth-order valence-corrected chi connectivity index (χ4v) is 4.26. The summed E-state index contributed by atoms with van der Waals surface area (Å²) in [4.78, 5) is 15.2. The van der Waals surface area contributed by atoms with E-state index < -0.39 is 5.54 Å². The Hall–Kier alpha value is -3.39. The van der Waals surface area contributed by atoms with Gasteiger partial charge in [-0.05, 0) is 64.3 Å². The Morgan fingerprint density at radius 1 is 1.22 bits per heavy atom. The van der Waals surface area contributed by atoms with Crippen LogP contribution in [0.25, 0.3) is 5.69 Å². The van der Waals surface area contributed by atoms with E-state index in [1.54, 1.807) is 21.7 Å². The molecule has 36 heavy (non-hydrogen) atoms. The average molecular weight is 495 g/mol. The quantitative estimate of drug-likeness (QED) is 0.426. The van der Waals surface area contributed by atoms with Crippen molar-refractivity contribution in [3.63, 3.8) is 0 Å². The number of amides is 2. The molecule has 1 saturated heterocycles. The molecule has 0 aliphatic carbocycles. The van der Waals surface area contributed by atoms with Crippen LogP contribution in [0.3, 0.4) is 0 Å². The van der Waals surface area contributed by atoms with Crippen LogP contribution in [0.2, 0.25) is 0 Å². The highest BCUT2D eigenvalue weighted by atomic mass is 19.1. The van der Waals surface area contributed by atoms with Gasteiger partial charge in [-0.3, -0.25) is 0 Å². The van der Waals surface area contributed by atoms with E-state index >= 15 is 0 Å². The molecule has 3 aromatic rings. The number of benzene rings is 2. The number of rotatable bonds is 8. The summed E-state index contributed by atoms with van der Waals surface area (Å²) < 4.78 is 27.9. The first-order valence-electron chi connectivity index (χ1n) is 12.5. The van der Waals surface area contributed by atoms with Crippen LogP contribution in [0, 0.1) is 5.82 Å². The Morgan fingerprint density at radius 2 is 2.00 bits per heavy atom. The summed E-state index contributed by atoms with van der Waals surface area (Å²) >= 11 is 0. The molecule has 1 aliphatic heterocycles. The van der Waals surface area contributed by atoms with Gasteiger partial charge in [0.05, 0.1) is 29.6 Å². The van der Waals surface area contributed by atoms with Crippen molar-refractivity contribution >= 4 is 6.03 Å². The van der Waals surface area contributed by atoms with Gasteiger partial charge in [0.1, 0.15) is 11.6 Å². The van der Waals surface area contributed by atoms with E-state index in [0.29, 0.717) is 31.2 Å². The van der Waals surface area contributed by atoms with Crippen molar-refractivity contribution in [1.82, 2.24) is 20.0 Å². The Kier molecular flexibility index (Phi) is 7.94. The molecule has 0 radical (unpaired) electrons. The second-order valence-corrected chi connectivity index (χ2v) is 10.1. The van der Waals surface area contributed by atoms with E-state index in [-0.39, 0.29) is 24.5 Å². The number of urea groups is 1. The van der Waals surface area contributed by atoms with Gasteiger partial charge in [-0.25, -0.2) is 13.9 Å². The number of halogens is 1. The summed E-state index contributed by atoms with van der Waals surface area (Å²) in [6.45, 7) is 9.34. The van der Waals surface area contributed by atoms with E-state index in [1.165, 1.54) is 12.1 Å². The van der Waals surface area contributed by atoms with Crippen LogP contribution in [-0.4, -0.2) is 45.5 Å². The van der Waals surface area contributed by atoms with E-state index in [2.05, 4.69) is 5.32 Å². The van der Waals surface area contributed by atoms with Crippen molar-refractivity contribution in [3.8, 4) is 17.3 Å². The molecule has 1 aliphatic rings. The number of nitrogens with one attached hydrogen (secondary N) is 1. The molecule has 0 saturated carbocycles. The predicted molar refractivity (Wildman–Crippen MR) is 137 cm³/mol. The molecule has 2 heterocycles. The number of carbonyl (C=O) groups excluding carboxylic acids is 1. The Bertz CT molecular complexity index is 1170. The zero-order chi connectivity index (χ0) is 25.7. The van der Waals surface area contributed by atoms with E-state index in [0.717, 1.165) is 29.8 Å². The number of para-hydroxylation sites is 1. The number of hydrogen-bond acceptors (Lipinski definition) is 4. The maximum atomic E-state index is 14.0. The molecule has 2 amide bonds. The molecule has 7 nitrogen and oxygen atoms in total. The van der Waals surface area contributed by atoms with Crippen molar-refractivity contribution in [2.45, 2.75) is 65.1 Å². The Labute approximate surface area is 212 Å². The number of carbonyl (C=O) groups is 1. The molecule has 1 aromatic heterocycles. The zero-order valence-electron chi connectivity index (χ0n) is 21.5. The molecule has 1 atom stereocenters. The van der Waals surface area contributed by atoms with Gasteiger partial charge in [0.2, 0.25) is 5.88 Å². The summed E-state index contributed by atoms with van der Waals surface area (Å²) in [6, 6.07) is 15.5. The van der Waals surface area contributed by atoms with Gasteiger partial charge in [0.15, 0.2) is 0 Å². The highest BCUT2D eigenvalue weighted by Gasteiger charge is 2.29. The van der Waals surface area contributed by atoms with Crippen molar-refractivity contribution < 1.29 is 18.7 Å². The Morgan fingerprint density at radius 3 is 2.64 bits per heavy atom. The number of aryl methyl sites for hydroxylation is 1. The van der Waals surface area contributed by atoms with E-state index in [4.69, 9.17) is 14.6 Å². The highest BCUT2D eigenvalue weighted by Crippen LogP contribution is 2.33. The second kappa shape index (κ2) is 11.1. The second-order valence-electron chi connectivity index (χ2n) is 10.1. The molecule has 8 heteroatoms. The third kappa shape index (κ3) is 6.43. The maximum absolute atomic E-state index is 14.0. The normalized spacial score (nSPS) is 15.6. The molecule has 1 N–H and O–H groups in total. The van der Waals surface area contributed by atoms with Gasteiger partial charge in [-0.1, -0.05) is 31.2 Å². The summed E-state index contributed by atoms with van der Waals surface area (Å²) in [6.07, 6.45) is 2.52. The van der Waals surface area contributed by atoms with Crippen molar-refractivity contribution in [3.05, 3.63) is 71.7 Å². The monoisotopic (exact) mass is 494 g/mol. The smallest absolute Gasteiger partial charge is 0.318 e. The first-order chi connectivity index (χ1) is 17.2. The SMILES string of the molecule is CCc1nn(-c2ccccc2)c(Oc2cccc(F)c2)c1CN(C[C@@H]1CCCO1)C(=O)NC(C)(C)C. The molecule has 0 bridgehead atoms. The lowest BCUT2D eigenvalue weighted by Crippen LogP contribution is -2.50. The van der Waals surface area contributed by atoms with Crippen molar-refractivity contribution in [2.24, 2.45) is 0 Å². The topological polar surface area (TPSA) is 68.6 Å². The summed E-state index contributed by atoms with van der Waals surface area (Å²) in [7, 11) is 0. The van der Waals surface area contributed by atoms with Crippen molar-refractivity contribution in [2.75, 3.05) is 13.2 Å². The molecule has 4 rings (SSSR count).